The number of carboxylic acids is 1. The third kappa shape index (κ3) is 3.42. The van der Waals surface area contributed by atoms with Crippen LogP contribution in [0.15, 0.2) is 36.5 Å². The smallest absolute Gasteiger partial charge is 0.354 e. The number of ether oxygens (including phenoxy) is 1. The van der Waals surface area contributed by atoms with E-state index in [0.29, 0.717) is 11.3 Å². The third-order valence-corrected chi connectivity index (χ3v) is 2.63. The quantitative estimate of drug-likeness (QED) is 0.935. The zero-order valence-electron chi connectivity index (χ0n) is 9.64. The van der Waals surface area contributed by atoms with E-state index in [1.807, 2.05) is 0 Å². The molecule has 1 N–H and O–H groups in total. The highest BCUT2D eigenvalue weighted by molar-refractivity contribution is 6.32. The number of aromatic carboxylic acids is 1. The summed E-state index contributed by atoms with van der Waals surface area (Å²) in [5.41, 5.74) is 0.569. The fourth-order valence-corrected chi connectivity index (χ4v) is 1.66. The van der Waals surface area contributed by atoms with E-state index in [2.05, 4.69) is 4.98 Å². The summed E-state index contributed by atoms with van der Waals surface area (Å²) < 4.78 is 18.2. The molecule has 0 aliphatic heterocycles. The summed E-state index contributed by atoms with van der Waals surface area (Å²) in [7, 11) is 0. The lowest BCUT2D eigenvalue weighted by Crippen LogP contribution is -2.03. The molecule has 0 spiro atoms. The summed E-state index contributed by atoms with van der Waals surface area (Å²) in [6, 6.07) is 6.82. The average Bonchev–Trinajstić information content (AvgIpc) is 2.38. The van der Waals surface area contributed by atoms with Crippen LogP contribution in [0.5, 0.6) is 5.75 Å². The molecule has 0 fully saturated rings. The van der Waals surface area contributed by atoms with E-state index in [0.717, 1.165) is 6.07 Å². The van der Waals surface area contributed by atoms with Crippen LogP contribution in [0.25, 0.3) is 0 Å². The molecule has 2 aromatic rings. The van der Waals surface area contributed by atoms with Crippen LogP contribution in [0.2, 0.25) is 5.02 Å². The largest absolute Gasteiger partial charge is 0.487 e. The first kappa shape index (κ1) is 13.3. The zero-order valence-corrected chi connectivity index (χ0v) is 10.4. The van der Waals surface area contributed by atoms with E-state index >= 15 is 0 Å². The Morgan fingerprint density at radius 2 is 2.16 bits per heavy atom. The summed E-state index contributed by atoms with van der Waals surface area (Å²) in [5, 5.41) is 8.96. The summed E-state index contributed by atoms with van der Waals surface area (Å²) in [4.78, 5) is 14.4. The van der Waals surface area contributed by atoms with Gasteiger partial charge in [0.1, 0.15) is 23.9 Å². The highest BCUT2D eigenvalue weighted by Gasteiger charge is 2.07. The monoisotopic (exact) mass is 281 g/mol. The second-order valence-electron chi connectivity index (χ2n) is 3.72. The molecule has 0 radical (unpaired) electrons. The van der Waals surface area contributed by atoms with Crippen molar-refractivity contribution in [2.45, 2.75) is 6.61 Å². The van der Waals surface area contributed by atoms with Gasteiger partial charge in [-0.2, -0.15) is 0 Å². The molecule has 0 saturated carbocycles. The molecule has 4 nitrogen and oxygen atoms in total. The molecule has 0 aliphatic rings. The minimum atomic E-state index is -1.11. The Morgan fingerprint density at radius 3 is 2.84 bits per heavy atom. The first-order valence-corrected chi connectivity index (χ1v) is 5.70. The molecule has 19 heavy (non-hydrogen) atoms. The number of carboxylic acid groups (broad SMARTS) is 1. The van der Waals surface area contributed by atoms with Gasteiger partial charge in [0, 0.05) is 6.20 Å². The van der Waals surface area contributed by atoms with Crippen LogP contribution >= 0.6 is 11.6 Å². The highest BCUT2D eigenvalue weighted by Crippen LogP contribution is 2.25. The van der Waals surface area contributed by atoms with E-state index in [4.69, 9.17) is 21.4 Å². The Morgan fingerprint density at radius 1 is 1.37 bits per heavy atom. The van der Waals surface area contributed by atoms with Crippen LogP contribution in [-0.2, 0) is 6.61 Å². The molecule has 0 amide bonds. The molecule has 0 bridgehead atoms. The lowest BCUT2D eigenvalue weighted by atomic mass is 10.2. The van der Waals surface area contributed by atoms with Gasteiger partial charge in [-0.25, -0.2) is 14.2 Å². The molecule has 6 heteroatoms. The molecule has 0 atom stereocenters. The minimum Gasteiger partial charge on any atom is -0.487 e. The maximum absolute atomic E-state index is 12.8. The first-order chi connectivity index (χ1) is 9.06. The van der Waals surface area contributed by atoms with Gasteiger partial charge in [-0.05, 0) is 35.9 Å². The number of rotatable bonds is 4. The van der Waals surface area contributed by atoms with Gasteiger partial charge in [0.25, 0.3) is 0 Å². The maximum atomic E-state index is 12.8. The van der Waals surface area contributed by atoms with Crippen LogP contribution in [0.4, 0.5) is 4.39 Å². The molecule has 1 heterocycles. The molecule has 0 aliphatic carbocycles. The molecule has 2 rings (SSSR count). The van der Waals surface area contributed by atoms with Crippen molar-refractivity contribution in [3.8, 4) is 5.75 Å². The maximum Gasteiger partial charge on any atom is 0.354 e. The Kier molecular flexibility index (Phi) is 3.97. The molecule has 98 valence electrons. The van der Waals surface area contributed by atoms with E-state index in [1.165, 1.54) is 24.4 Å². The van der Waals surface area contributed by atoms with Crippen molar-refractivity contribution >= 4 is 17.6 Å². The molecule has 1 aromatic carbocycles. The minimum absolute atomic E-state index is 0.0636. The summed E-state index contributed by atoms with van der Waals surface area (Å²) in [6.45, 7) is 0.119. The van der Waals surface area contributed by atoms with Gasteiger partial charge >= 0.3 is 5.97 Å². The summed E-state index contributed by atoms with van der Waals surface area (Å²) in [5.74, 6) is -1.23. The van der Waals surface area contributed by atoms with Gasteiger partial charge < -0.3 is 9.84 Å². The lowest BCUT2D eigenvalue weighted by molar-refractivity contribution is 0.0690. The highest BCUT2D eigenvalue weighted by atomic mass is 35.5. The van der Waals surface area contributed by atoms with Crippen LogP contribution in [0, 0.1) is 5.82 Å². The van der Waals surface area contributed by atoms with Gasteiger partial charge in [0.05, 0.1) is 5.02 Å². The molecule has 0 unspecified atom stereocenters. The fourth-order valence-electron chi connectivity index (χ4n) is 1.43. The number of halogens is 2. The van der Waals surface area contributed by atoms with Crippen molar-refractivity contribution in [1.29, 1.82) is 0 Å². The molecule has 1 aromatic heterocycles. The second kappa shape index (κ2) is 5.67. The predicted octanol–water partition coefficient (Wildman–Crippen LogP) is 3.15. The van der Waals surface area contributed by atoms with E-state index in [1.54, 1.807) is 6.07 Å². The topological polar surface area (TPSA) is 59.4 Å². The fraction of sp³-hybridized carbons (Fsp3) is 0.0769. The van der Waals surface area contributed by atoms with Crippen molar-refractivity contribution < 1.29 is 19.0 Å². The normalized spacial score (nSPS) is 10.2. The van der Waals surface area contributed by atoms with Crippen molar-refractivity contribution in [2.75, 3.05) is 0 Å². The van der Waals surface area contributed by atoms with Crippen LogP contribution in [0.1, 0.15) is 16.1 Å². The number of pyridine rings is 1. The van der Waals surface area contributed by atoms with Crippen LogP contribution < -0.4 is 4.74 Å². The summed E-state index contributed by atoms with van der Waals surface area (Å²) >= 11 is 5.81. The number of nitrogens with zero attached hydrogens (tertiary/aromatic N) is 1. The molecular weight excluding hydrogens is 273 g/mol. The van der Waals surface area contributed by atoms with Gasteiger partial charge in [-0.15, -0.1) is 0 Å². The number of carbonyl (C=O) groups is 1. The van der Waals surface area contributed by atoms with Gasteiger partial charge in [0.2, 0.25) is 0 Å². The lowest BCUT2D eigenvalue weighted by Gasteiger charge is -2.08. The van der Waals surface area contributed by atoms with Crippen molar-refractivity contribution in [2.24, 2.45) is 0 Å². The van der Waals surface area contributed by atoms with Crippen LogP contribution in [0.3, 0.4) is 0 Å². The van der Waals surface area contributed by atoms with Crippen molar-refractivity contribution in [1.82, 2.24) is 4.98 Å². The van der Waals surface area contributed by atoms with E-state index < -0.39 is 11.8 Å². The number of hydrogen-bond donors (Lipinski definition) is 1. The van der Waals surface area contributed by atoms with Gasteiger partial charge in [0.15, 0.2) is 0 Å². The SMILES string of the molecule is O=C(O)c1cc(COc2ccc(F)cc2Cl)ccn1. The number of benzene rings is 1. The van der Waals surface area contributed by atoms with Gasteiger partial charge in [-0.1, -0.05) is 11.6 Å². The Labute approximate surface area is 113 Å². The first-order valence-electron chi connectivity index (χ1n) is 5.32. The third-order valence-electron chi connectivity index (χ3n) is 2.33. The number of hydrogen-bond acceptors (Lipinski definition) is 3. The summed E-state index contributed by atoms with van der Waals surface area (Å²) in [6.07, 6.45) is 1.38. The van der Waals surface area contributed by atoms with Gasteiger partial charge in [-0.3, -0.25) is 0 Å². The average molecular weight is 282 g/mol. The zero-order chi connectivity index (χ0) is 13.8. The van der Waals surface area contributed by atoms with E-state index in [9.17, 15) is 9.18 Å². The Bertz CT molecular complexity index is 619. The van der Waals surface area contributed by atoms with Crippen LogP contribution in [-0.4, -0.2) is 16.1 Å². The molecule has 0 saturated heterocycles. The van der Waals surface area contributed by atoms with E-state index in [-0.39, 0.29) is 17.3 Å². The second-order valence-corrected chi connectivity index (χ2v) is 4.13. The van der Waals surface area contributed by atoms with Crippen molar-refractivity contribution in [3.05, 3.63) is 58.6 Å². The Balaban J connectivity index is 2.10. The standard InChI is InChI=1S/C13H9ClFNO3/c14-10-6-9(15)1-2-12(10)19-7-8-3-4-16-11(5-8)13(17)18/h1-6H,7H2,(H,17,18). The Hall–Kier alpha value is -2.14. The van der Waals surface area contributed by atoms with Crippen molar-refractivity contribution in [3.63, 3.8) is 0 Å². The number of aromatic nitrogens is 1. The predicted molar refractivity (Wildman–Crippen MR) is 66.9 cm³/mol. The molecular formula is C13H9ClFNO3.